The van der Waals surface area contributed by atoms with E-state index in [-0.39, 0.29) is 28.0 Å². The van der Waals surface area contributed by atoms with Crippen molar-refractivity contribution in [2.45, 2.75) is 6.92 Å². The molecule has 4 rings (SSSR count). The zero-order chi connectivity index (χ0) is 22.0. The van der Waals surface area contributed by atoms with Crippen LogP contribution in [0.3, 0.4) is 0 Å². The van der Waals surface area contributed by atoms with Crippen LogP contribution in [0.15, 0.2) is 66.7 Å². The minimum atomic E-state index is -0.836. The zero-order valence-electron chi connectivity index (χ0n) is 16.7. The predicted octanol–water partition coefficient (Wildman–Crippen LogP) is 3.90. The maximum atomic E-state index is 13.0. The number of hydrogen-bond donors (Lipinski definition) is 0. The normalized spacial score (nSPS) is 12.0. The number of ether oxygens (including phenoxy) is 2. The molecule has 0 radical (unpaired) electrons. The van der Waals surface area contributed by atoms with Crippen LogP contribution in [0, 0.1) is 0 Å². The maximum absolute atomic E-state index is 13.0. The van der Waals surface area contributed by atoms with E-state index in [0.29, 0.717) is 23.5 Å². The summed E-state index contributed by atoms with van der Waals surface area (Å²) in [6.45, 7) is 1.88. The molecule has 0 bridgehead atoms. The Morgan fingerprint density at radius 1 is 0.774 bits per heavy atom. The lowest BCUT2D eigenvalue weighted by atomic mass is 9.82. The molecule has 3 aromatic rings. The van der Waals surface area contributed by atoms with Crippen molar-refractivity contribution >= 4 is 23.3 Å². The molecule has 1 aliphatic carbocycles. The molecule has 0 atom stereocenters. The predicted molar refractivity (Wildman–Crippen MR) is 112 cm³/mol. The molecule has 31 heavy (non-hydrogen) atoms. The summed E-state index contributed by atoms with van der Waals surface area (Å²) < 4.78 is 10.5. The van der Waals surface area contributed by atoms with Crippen LogP contribution in [0.2, 0.25) is 0 Å². The van der Waals surface area contributed by atoms with Crippen molar-refractivity contribution in [1.29, 1.82) is 0 Å². The molecule has 0 aliphatic heterocycles. The highest BCUT2D eigenvalue weighted by atomic mass is 16.5. The molecule has 0 saturated carbocycles. The fourth-order valence-electron chi connectivity index (χ4n) is 3.51. The Hall–Kier alpha value is -4.06. The molecule has 0 N–H and O–H groups in total. The first-order valence-electron chi connectivity index (χ1n) is 9.76. The molecule has 0 amide bonds. The van der Waals surface area contributed by atoms with Gasteiger partial charge >= 0.3 is 5.97 Å². The lowest BCUT2D eigenvalue weighted by molar-refractivity contribution is 0.0472. The third-order valence-corrected chi connectivity index (χ3v) is 4.99. The van der Waals surface area contributed by atoms with Gasteiger partial charge in [-0.3, -0.25) is 14.4 Å². The lowest BCUT2D eigenvalue weighted by Gasteiger charge is -2.19. The van der Waals surface area contributed by atoms with Crippen LogP contribution in [0.5, 0.6) is 5.75 Å². The number of benzene rings is 3. The van der Waals surface area contributed by atoms with Crippen LogP contribution >= 0.6 is 0 Å². The number of esters is 1. The summed E-state index contributed by atoms with van der Waals surface area (Å²) in [7, 11) is 0. The van der Waals surface area contributed by atoms with Gasteiger partial charge in [0.05, 0.1) is 12.2 Å². The van der Waals surface area contributed by atoms with Gasteiger partial charge in [0, 0.05) is 27.8 Å². The van der Waals surface area contributed by atoms with Crippen molar-refractivity contribution in [2.75, 3.05) is 13.2 Å². The van der Waals surface area contributed by atoms with Gasteiger partial charge in [0.25, 0.3) is 0 Å². The Kier molecular flexibility index (Phi) is 5.45. The van der Waals surface area contributed by atoms with E-state index in [1.54, 1.807) is 48.5 Å². The molecule has 0 unspecified atom stereocenters. The number of ketones is 3. The molecule has 3 aromatic carbocycles. The van der Waals surface area contributed by atoms with Crippen molar-refractivity contribution in [3.63, 3.8) is 0 Å². The van der Waals surface area contributed by atoms with Gasteiger partial charge in [0.2, 0.25) is 0 Å². The second-order valence-electron chi connectivity index (χ2n) is 6.89. The van der Waals surface area contributed by atoms with E-state index in [0.717, 1.165) is 0 Å². The van der Waals surface area contributed by atoms with Crippen LogP contribution < -0.4 is 4.74 Å². The molecule has 6 nitrogen and oxygen atoms in total. The van der Waals surface area contributed by atoms with Gasteiger partial charge in [-0.2, -0.15) is 0 Å². The average Bonchev–Trinajstić information content (AvgIpc) is 2.81. The van der Waals surface area contributed by atoms with Crippen molar-refractivity contribution in [2.24, 2.45) is 0 Å². The van der Waals surface area contributed by atoms with E-state index in [1.807, 2.05) is 6.92 Å². The Morgan fingerprint density at radius 3 is 2.10 bits per heavy atom. The summed E-state index contributed by atoms with van der Waals surface area (Å²) >= 11 is 0. The topological polar surface area (TPSA) is 86.7 Å². The van der Waals surface area contributed by atoms with Crippen LogP contribution in [-0.4, -0.2) is 36.5 Å². The van der Waals surface area contributed by atoms with Gasteiger partial charge in [-0.1, -0.05) is 36.4 Å². The van der Waals surface area contributed by atoms with Gasteiger partial charge in [-0.15, -0.1) is 0 Å². The molecule has 0 spiro atoms. The first kappa shape index (κ1) is 20.2. The largest absolute Gasteiger partial charge is 0.494 e. The van der Waals surface area contributed by atoms with Crippen LogP contribution in [0.1, 0.15) is 59.5 Å². The van der Waals surface area contributed by atoms with Gasteiger partial charge in [0.15, 0.2) is 24.0 Å². The average molecular weight is 414 g/mol. The summed E-state index contributed by atoms with van der Waals surface area (Å²) in [4.78, 5) is 50.8. The first-order valence-corrected chi connectivity index (χ1v) is 9.76. The highest BCUT2D eigenvalue weighted by Crippen LogP contribution is 2.29. The van der Waals surface area contributed by atoms with E-state index < -0.39 is 24.1 Å². The lowest BCUT2D eigenvalue weighted by Crippen LogP contribution is -2.25. The molecule has 0 fully saturated rings. The summed E-state index contributed by atoms with van der Waals surface area (Å²) in [6.07, 6.45) is 0. The van der Waals surface area contributed by atoms with Gasteiger partial charge < -0.3 is 9.47 Å². The quantitative estimate of drug-likeness (QED) is 0.351. The van der Waals surface area contributed by atoms with Crippen molar-refractivity contribution in [1.82, 2.24) is 0 Å². The SMILES string of the molecule is CCOc1ccc(C(=O)COC(=O)c2cccc3c2C(=O)c2ccccc2C3=O)cc1. The summed E-state index contributed by atoms with van der Waals surface area (Å²) in [5.41, 5.74) is 1.03. The van der Waals surface area contributed by atoms with Crippen LogP contribution in [0.4, 0.5) is 0 Å². The molecular formula is C25H18O6. The molecule has 6 heteroatoms. The fraction of sp³-hybridized carbons (Fsp3) is 0.120. The van der Waals surface area contributed by atoms with E-state index in [1.165, 1.54) is 18.2 Å². The van der Waals surface area contributed by atoms with Gasteiger partial charge in [-0.25, -0.2) is 4.79 Å². The highest BCUT2D eigenvalue weighted by molar-refractivity contribution is 6.30. The van der Waals surface area contributed by atoms with E-state index in [4.69, 9.17) is 9.47 Å². The van der Waals surface area contributed by atoms with E-state index in [9.17, 15) is 19.2 Å². The molecule has 0 aromatic heterocycles. The minimum absolute atomic E-state index is 0.00437. The number of Topliss-reactive ketones (excluding diaryl/α,β-unsaturated/α-hetero) is 1. The third-order valence-electron chi connectivity index (χ3n) is 4.99. The number of fused-ring (bicyclic) bond motifs is 2. The number of rotatable bonds is 6. The Labute approximate surface area is 178 Å². The summed E-state index contributed by atoms with van der Waals surface area (Å²) in [5, 5.41) is 0. The zero-order valence-corrected chi connectivity index (χ0v) is 16.7. The van der Waals surface area contributed by atoms with Crippen molar-refractivity contribution in [3.05, 3.63) is 100 Å². The standard InChI is InChI=1S/C25H18O6/c1-2-30-16-12-10-15(11-13-16)21(26)14-31-25(29)20-9-5-8-19-22(20)24(28)18-7-4-3-6-17(18)23(19)27/h3-13H,2,14H2,1H3. The molecule has 0 saturated heterocycles. The minimum Gasteiger partial charge on any atom is -0.494 e. The summed E-state index contributed by atoms with van der Waals surface area (Å²) in [5.74, 6) is -1.35. The van der Waals surface area contributed by atoms with Crippen LogP contribution in [0.25, 0.3) is 0 Å². The molecular weight excluding hydrogens is 396 g/mol. The van der Waals surface area contributed by atoms with Gasteiger partial charge in [0.1, 0.15) is 5.75 Å². The monoisotopic (exact) mass is 414 g/mol. The Bertz CT molecular complexity index is 1210. The third kappa shape index (κ3) is 3.75. The molecule has 1 aliphatic rings. The number of hydrogen-bond acceptors (Lipinski definition) is 6. The van der Waals surface area contributed by atoms with Crippen molar-refractivity contribution < 1.29 is 28.7 Å². The second-order valence-corrected chi connectivity index (χ2v) is 6.89. The number of carbonyl (C=O) groups excluding carboxylic acids is 4. The highest BCUT2D eigenvalue weighted by Gasteiger charge is 2.33. The van der Waals surface area contributed by atoms with E-state index in [2.05, 4.69) is 0 Å². The Balaban J connectivity index is 1.54. The Morgan fingerprint density at radius 2 is 1.42 bits per heavy atom. The number of carbonyl (C=O) groups is 4. The van der Waals surface area contributed by atoms with E-state index >= 15 is 0 Å². The molecule has 0 heterocycles. The molecule has 154 valence electrons. The first-order chi connectivity index (χ1) is 15.0. The maximum Gasteiger partial charge on any atom is 0.339 e. The van der Waals surface area contributed by atoms with Gasteiger partial charge in [-0.05, 0) is 37.3 Å². The smallest absolute Gasteiger partial charge is 0.339 e. The summed E-state index contributed by atoms with van der Waals surface area (Å²) in [6, 6.07) is 17.4. The van der Waals surface area contributed by atoms with Crippen LogP contribution in [-0.2, 0) is 4.74 Å². The fourth-order valence-corrected chi connectivity index (χ4v) is 3.51. The van der Waals surface area contributed by atoms with Crippen molar-refractivity contribution in [3.8, 4) is 5.75 Å². The second kappa shape index (κ2) is 8.36.